The van der Waals surface area contributed by atoms with E-state index < -0.39 is 5.82 Å². The maximum absolute atomic E-state index is 13.8. The van der Waals surface area contributed by atoms with Crippen molar-refractivity contribution in [3.05, 3.63) is 130 Å². The summed E-state index contributed by atoms with van der Waals surface area (Å²) in [6.45, 7) is 4.86. The average molecular weight is 694 g/mol. The van der Waals surface area contributed by atoms with Crippen LogP contribution in [0.25, 0.3) is 0 Å². The van der Waals surface area contributed by atoms with Gasteiger partial charge in [0.05, 0.1) is 19.2 Å². The third-order valence-electron chi connectivity index (χ3n) is 9.74. The molecule has 1 atom stereocenters. The Bertz CT molecular complexity index is 1580. The number of halogens is 3. The van der Waals surface area contributed by atoms with Crippen molar-refractivity contribution < 1.29 is 18.7 Å². The van der Waals surface area contributed by atoms with Gasteiger partial charge in [0.1, 0.15) is 5.82 Å². The van der Waals surface area contributed by atoms with Crippen LogP contribution in [0.3, 0.4) is 0 Å². The molecule has 1 heterocycles. The van der Waals surface area contributed by atoms with E-state index in [-0.39, 0.29) is 34.8 Å². The van der Waals surface area contributed by atoms with E-state index in [1.807, 2.05) is 0 Å². The van der Waals surface area contributed by atoms with Gasteiger partial charge < -0.3 is 14.8 Å². The van der Waals surface area contributed by atoms with Crippen LogP contribution in [0, 0.1) is 5.82 Å². The molecule has 0 aromatic heterocycles. The van der Waals surface area contributed by atoms with E-state index in [9.17, 15) is 9.18 Å². The Morgan fingerprint density at radius 3 is 2.17 bits per heavy atom. The number of fused-ring (bicyclic) bond motifs is 1. The van der Waals surface area contributed by atoms with Crippen LogP contribution in [0.4, 0.5) is 4.39 Å². The molecule has 0 fully saturated rings. The number of aryl methyl sites for hydroxylation is 1. The number of rotatable bonds is 15. The molecule has 4 aromatic rings. The van der Waals surface area contributed by atoms with E-state index >= 15 is 0 Å². The Morgan fingerprint density at radius 2 is 1.54 bits per heavy atom. The summed E-state index contributed by atoms with van der Waals surface area (Å²) < 4.78 is 25.0. The van der Waals surface area contributed by atoms with Crippen LogP contribution in [-0.2, 0) is 23.1 Å². The van der Waals surface area contributed by atoms with Gasteiger partial charge in [-0.25, -0.2) is 4.39 Å². The first-order chi connectivity index (χ1) is 22.8. The van der Waals surface area contributed by atoms with E-state index in [1.54, 1.807) is 20.3 Å². The zero-order chi connectivity index (χ0) is 33.2. The van der Waals surface area contributed by atoms with Crippen LogP contribution in [0.5, 0.6) is 11.5 Å². The molecule has 5 rings (SSSR count). The van der Waals surface area contributed by atoms with Gasteiger partial charge in [-0.1, -0.05) is 78.3 Å². The summed E-state index contributed by atoms with van der Waals surface area (Å²) in [6, 6.07) is 30.9. The quantitative estimate of drug-likeness (QED) is 0.126. The maximum atomic E-state index is 13.8. The van der Waals surface area contributed by atoms with E-state index in [0.717, 1.165) is 62.3 Å². The van der Waals surface area contributed by atoms with Gasteiger partial charge in [-0.15, -0.1) is 12.4 Å². The smallest absolute Gasteiger partial charge is 0.220 e. The van der Waals surface area contributed by atoms with Gasteiger partial charge >= 0.3 is 0 Å². The number of ether oxygens (including phenoxy) is 2. The molecule has 8 heteroatoms. The third kappa shape index (κ3) is 8.90. The molecule has 0 aliphatic carbocycles. The zero-order valence-electron chi connectivity index (χ0n) is 28.1. The van der Waals surface area contributed by atoms with Crippen molar-refractivity contribution in [1.29, 1.82) is 0 Å². The molecule has 0 spiro atoms. The molecule has 48 heavy (non-hydrogen) atoms. The Hall–Kier alpha value is -3.58. The summed E-state index contributed by atoms with van der Waals surface area (Å²) in [4.78, 5) is 15.3. The second kappa shape index (κ2) is 17.7. The molecule has 0 bridgehead atoms. The second-order valence-electron chi connectivity index (χ2n) is 12.5. The van der Waals surface area contributed by atoms with Gasteiger partial charge in [-0.3, -0.25) is 9.69 Å². The van der Waals surface area contributed by atoms with E-state index in [0.29, 0.717) is 19.4 Å². The predicted molar refractivity (Wildman–Crippen MR) is 195 cm³/mol. The van der Waals surface area contributed by atoms with Crippen molar-refractivity contribution in [2.75, 3.05) is 33.9 Å². The minimum absolute atomic E-state index is 0. The highest BCUT2D eigenvalue weighted by molar-refractivity contribution is 6.30. The number of carbonyl (C=O) groups is 1. The standard InChI is InChI=1S/C40H46ClFN2O3.ClH/c1-29-34-28-38(47-3)37(46-2)27-31(34)20-25-44(29)24-11-22-40(32-12-6-4-7-13-32,33-14-8-5-9-15-33)21-10-23-43-39(45)19-17-30-16-18-35(41)36(42)26-30;/h4-9,12-16,18,26-29H,10-11,17,19-25H2,1-3H3,(H,43,45);1H. The van der Waals surface area contributed by atoms with Crippen molar-refractivity contribution >= 4 is 29.9 Å². The van der Waals surface area contributed by atoms with Gasteiger partial charge in [-0.05, 0) is 104 Å². The number of methoxy groups -OCH3 is 2. The first-order valence-corrected chi connectivity index (χ1v) is 17.0. The van der Waals surface area contributed by atoms with Gasteiger partial charge in [0.25, 0.3) is 0 Å². The summed E-state index contributed by atoms with van der Waals surface area (Å²) >= 11 is 5.80. The molecule has 1 aliphatic heterocycles. The molecule has 1 N–H and O–H groups in total. The molecule has 1 aliphatic rings. The van der Waals surface area contributed by atoms with Crippen molar-refractivity contribution in [2.45, 2.75) is 63.3 Å². The monoisotopic (exact) mass is 692 g/mol. The van der Waals surface area contributed by atoms with Crippen molar-refractivity contribution in [1.82, 2.24) is 10.2 Å². The lowest BCUT2D eigenvalue weighted by Gasteiger charge is -2.39. The van der Waals surface area contributed by atoms with Crippen LogP contribution < -0.4 is 14.8 Å². The minimum atomic E-state index is -0.455. The van der Waals surface area contributed by atoms with Gasteiger partial charge in [-0.2, -0.15) is 0 Å². The van der Waals surface area contributed by atoms with Gasteiger partial charge in [0, 0.05) is 31.0 Å². The van der Waals surface area contributed by atoms with Crippen LogP contribution in [0.15, 0.2) is 91.0 Å². The van der Waals surface area contributed by atoms with Crippen molar-refractivity contribution in [3.8, 4) is 11.5 Å². The zero-order valence-corrected chi connectivity index (χ0v) is 29.7. The van der Waals surface area contributed by atoms with Crippen LogP contribution >= 0.6 is 24.0 Å². The molecule has 0 saturated carbocycles. The molecule has 0 radical (unpaired) electrons. The topological polar surface area (TPSA) is 50.8 Å². The molecular formula is C40H47Cl2FN2O3. The third-order valence-corrected chi connectivity index (χ3v) is 10.0. The Balaban J connectivity index is 0.00000520. The number of hydrogen-bond acceptors (Lipinski definition) is 4. The van der Waals surface area contributed by atoms with Crippen molar-refractivity contribution in [2.24, 2.45) is 0 Å². The number of amides is 1. The highest BCUT2D eigenvalue weighted by Gasteiger charge is 2.34. The normalized spacial score (nSPS) is 14.5. The first-order valence-electron chi connectivity index (χ1n) is 16.6. The van der Waals surface area contributed by atoms with Crippen LogP contribution in [0.1, 0.15) is 72.9 Å². The van der Waals surface area contributed by atoms with Crippen LogP contribution in [-0.4, -0.2) is 44.7 Å². The summed E-state index contributed by atoms with van der Waals surface area (Å²) in [7, 11) is 3.38. The Morgan fingerprint density at radius 1 is 0.917 bits per heavy atom. The summed E-state index contributed by atoms with van der Waals surface area (Å²) in [5.74, 6) is 1.08. The van der Waals surface area contributed by atoms with E-state index in [2.05, 4.69) is 89.9 Å². The number of nitrogens with one attached hydrogen (secondary N) is 1. The highest BCUT2D eigenvalue weighted by Crippen LogP contribution is 2.42. The number of benzene rings is 4. The lowest BCUT2D eigenvalue weighted by Crippen LogP contribution is -2.36. The van der Waals surface area contributed by atoms with Gasteiger partial charge in [0.2, 0.25) is 5.91 Å². The fraction of sp³-hybridized carbons (Fsp3) is 0.375. The average Bonchev–Trinajstić information content (AvgIpc) is 3.11. The van der Waals surface area contributed by atoms with Gasteiger partial charge in [0.15, 0.2) is 11.5 Å². The van der Waals surface area contributed by atoms with E-state index in [4.69, 9.17) is 21.1 Å². The fourth-order valence-corrected chi connectivity index (χ4v) is 7.25. The maximum Gasteiger partial charge on any atom is 0.220 e. The lowest BCUT2D eigenvalue weighted by atomic mass is 9.68. The first kappa shape index (κ1) is 37.2. The second-order valence-corrected chi connectivity index (χ2v) is 12.9. The molecule has 4 aromatic carbocycles. The molecule has 256 valence electrons. The molecule has 5 nitrogen and oxygen atoms in total. The molecular weight excluding hydrogens is 646 g/mol. The minimum Gasteiger partial charge on any atom is -0.493 e. The number of hydrogen-bond donors (Lipinski definition) is 1. The SMILES string of the molecule is COc1cc2c(cc1OC)C(C)N(CCCC(CCCNC(=O)CCc1ccc(Cl)c(F)c1)(c1ccccc1)c1ccccc1)CC2.Cl. The molecule has 0 saturated heterocycles. The van der Waals surface area contributed by atoms with E-state index in [1.165, 1.54) is 34.4 Å². The van der Waals surface area contributed by atoms with Crippen LogP contribution in [0.2, 0.25) is 5.02 Å². The molecule has 1 amide bonds. The number of nitrogens with zero attached hydrogens (tertiary/aromatic N) is 1. The fourth-order valence-electron chi connectivity index (χ4n) is 7.13. The lowest BCUT2D eigenvalue weighted by molar-refractivity contribution is -0.121. The summed E-state index contributed by atoms with van der Waals surface area (Å²) in [5, 5.41) is 3.20. The summed E-state index contributed by atoms with van der Waals surface area (Å²) in [5.41, 5.74) is 5.81. The number of carbonyl (C=O) groups excluding carboxylic acids is 1. The molecule has 1 unspecified atom stereocenters. The Labute approximate surface area is 296 Å². The Kier molecular flexibility index (Phi) is 13.7. The predicted octanol–water partition coefficient (Wildman–Crippen LogP) is 9.13. The largest absolute Gasteiger partial charge is 0.493 e. The summed E-state index contributed by atoms with van der Waals surface area (Å²) in [6.07, 6.45) is 5.51. The highest BCUT2D eigenvalue weighted by atomic mass is 35.5. The van der Waals surface area contributed by atoms with Crippen molar-refractivity contribution in [3.63, 3.8) is 0 Å².